The van der Waals surface area contributed by atoms with Crippen LogP contribution in [0.4, 0.5) is 13.2 Å². The number of alkyl halides is 3. The van der Waals surface area contributed by atoms with E-state index in [-0.39, 0.29) is 23.5 Å². The number of amides is 1. The lowest BCUT2D eigenvalue weighted by Gasteiger charge is -2.25. The maximum Gasteiger partial charge on any atom is 0.433 e. The zero-order valence-electron chi connectivity index (χ0n) is 15.9. The third kappa shape index (κ3) is 3.36. The van der Waals surface area contributed by atoms with E-state index in [1.54, 1.807) is 24.8 Å². The Balaban J connectivity index is 1.73. The molecule has 6 nitrogen and oxygen atoms in total. The van der Waals surface area contributed by atoms with Crippen molar-refractivity contribution in [1.29, 1.82) is 0 Å². The first-order chi connectivity index (χ1) is 13.3. The predicted octanol–water partition coefficient (Wildman–Crippen LogP) is 3.71. The van der Waals surface area contributed by atoms with Gasteiger partial charge in [-0.05, 0) is 37.7 Å². The molecule has 0 saturated carbocycles. The first-order valence-electron chi connectivity index (χ1n) is 9.65. The molecule has 28 heavy (non-hydrogen) atoms. The number of hydrogen-bond donors (Lipinski definition) is 0. The van der Waals surface area contributed by atoms with Crippen molar-refractivity contribution in [2.45, 2.75) is 63.8 Å². The number of nitrogens with zero attached hydrogens (tertiary/aromatic N) is 4. The summed E-state index contributed by atoms with van der Waals surface area (Å²) in [5, 5.41) is 4.22. The summed E-state index contributed by atoms with van der Waals surface area (Å²) in [7, 11) is 0. The Labute approximate surface area is 160 Å². The van der Waals surface area contributed by atoms with Crippen LogP contribution >= 0.6 is 0 Å². The average molecular weight is 396 g/mol. The summed E-state index contributed by atoms with van der Waals surface area (Å²) in [6.45, 7) is 4.73. The Kier molecular flexibility index (Phi) is 4.81. The lowest BCUT2D eigenvalue weighted by Crippen LogP contribution is -2.38. The third-order valence-electron chi connectivity index (χ3n) is 5.43. The highest BCUT2D eigenvalue weighted by atomic mass is 19.4. The zero-order valence-corrected chi connectivity index (χ0v) is 15.9. The van der Waals surface area contributed by atoms with Crippen molar-refractivity contribution in [3.63, 3.8) is 0 Å². The van der Waals surface area contributed by atoms with Crippen molar-refractivity contribution in [2.24, 2.45) is 0 Å². The standard InChI is InChI=1S/C19H23F3N4O2/c1-11(2)12-9-16(19(20,21)22)26-17(23-12)10-13(24-26)14-5-3-7-25(14)18(27)15-6-4-8-28-15/h9-11,14-15H,3-8H2,1-2H3/t14-,15-/m0/s1. The van der Waals surface area contributed by atoms with Gasteiger partial charge >= 0.3 is 6.18 Å². The summed E-state index contributed by atoms with van der Waals surface area (Å²) in [5.41, 5.74) is 0.125. The summed E-state index contributed by atoms with van der Waals surface area (Å²) in [5.74, 6) is -0.238. The van der Waals surface area contributed by atoms with E-state index in [1.165, 1.54) is 0 Å². The molecule has 2 aliphatic heterocycles. The molecule has 2 saturated heterocycles. The van der Waals surface area contributed by atoms with E-state index in [9.17, 15) is 18.0 Å². The zero-order chi connectivity index (χ0) is 20.1. The maximum atomic E-state index is 13.6. The second-order valence-corrected chi connectivity index (χ2v) is 7.75. The van der Waals surface area contributed by atoms with E-state index in [1.807, 2.05) is 0 Å². The molecular weight excluding hydrogens is 373 g/mol. The number of likely N-dealkylation sites (tertiary alicyclic amines) is 1. The molecule has 0 bridgehead atoms. The number of carbonyl (C=O) groups excluding carboxylic acids is 1. The molecule has 2 fully saturated rings. The van der Waals surface area contributed by atoms with Gasteiger partial charge in [-0.3, -0.25) is 4.79 Å². The number of halogens is 3. The number of carbonyl (C=O) groups is 1. The molecule has 0 spiro atoms. The van der Waals surface area contributed by atoms with Gasteiger partial charge in [0.2, 0.25) is 0 Å². The van der Waals surface area contributed by atoms with Crippen LogP contribution in [0.25, 0.3) is 5.65 Å². The van der Waals surface area contributed by atoms with Crippen molar-refractivity contribution < 1.29 is 22.7 Å². The van der Waals surface area contributed by atoms with Crippen LogP contribution in [-0.4, -0.2) is 44.7 Å². The van der Waals surface area contributed by atoms with E-state index < -0.39 is 18.0 Å². The minimum absolute atomic E-state index is 0.0936. The van der Waals surface area contributed by atoms with Gasteiger partial charge in [-0.25, -0.2) is 9.50 Å². The summed E-state index contributed by atoms with van der Waals surface area (Å²) in [6.07, 6.45) is -2.01. The Hall–Kier alpha value is -2.16. The highest BCUT2D eigenvalue weighted by Crippen LogP contribution is 2.36. The molecule has 4 rings (SSSR count). The topological polar surface area (TPSA) is 59.7 Å². The van der Waals surface area contributed by atoms with E-state index >= 15 is 0 Å². The Bertz CT molecular complexity index is 887. The van der Waals surface area contributed by atoms with Gasteiger partial charge in [0.05, 0.1) is 11.7 Å². The largest absolute Gasteiger partial charge is 0.433 e. The van der Waals surface area contributed by atoms with Crippen molar-refractivity contribution in [2.75, 3.05) is 13.2 Å². The predicted molar refractivity (Wildman–Crippen MR) is 94.7 cm³/mol. The Morgan fingerprint density at radius 3 is 2.68 bits per heavy atom. The summed E-state index contributed by atoms with van der Waals surface area (Å²) >= 11 is 0. The van der Waals surface area contributed by atoms with Crippen molar-refractivity contribution in [3.05, 3.63) is 29.2 Å². The minimum Gasteiger partial charge on any atom is -0.368 e. The molecule has 0 aromatic carbocycles. The molecular formula is C19H23F3N4O2. The molecule has 1 amide bonds. The summed E-state index contributed by atoms with van der Waals surface area (Å²) in [6, 6.07) is 2.28. The molecule has 9 heteroatoms. The normalized spacial score (nSPS) is 23.3. The molecule has 2 aromatic heterocycles. The molecule has 4 heterocycles. The fourth-order valence-electron chi connectivity index (χ4n) is 3.97. The number of ether oxygens (including phenoxy) is 1. The molecule has 2 atom stereocenters. The summed E-state index contributed by atoms with van der Waals surface area (Å²) in [4.78, 5) is 18.9. The molecule has 152 valence electrons. The highest BCUT2D eigenvalue weighted by Gasteiger charge is 2.39. The van der Waals surface area contributed by atoms with Crippen LogP contribution < -0.4 is 0 Å². The molecule has 0 unspecified atom stereocenters. The summed E-state index contributed by atoms with van der Waals surface area (Å²) < 4.78 is 47.1. The van der Waals surface area contributed by atoms with Gasteiger partial charge in [-0.15, -0.1) is 0 Å². The Morgan fingerprint density at radius 1 is 1.25 bits per heavy atom. The van der Waals surface area contributed by atoms with Gasteiger partial charge in [-0.1, -0.05) is 13.8 Å². The molecule has 0 radical (unpaired) electrons. The quantitative estimate of drug-likeness (QED) is 0.794. The van der Waals surface area contributed by atoms with Crippen LogP contribution in [0.15, 0.2) is 12.1 Å². The third-order valence-corrected chi connectivity index (χ3v) is 5.43. The second-order valence-electron chi connectivity index (χ2n) is 7.75. The highest BCUT2D eigenvalue weighted by molar-refractivity contribution is 5.82. The number of rotatable bonds is 3. The van der Waals surface area contributed by atoms with Crippen LogP contribution in [0.5, 0.6) is 0 Å². The van der Waals surface area contributed by atoms with Crippen molar-refractivity contribution >= 4 is 11.6 Å². The van der Waals surface area contributed by atoms with E-state index in [0.29, 0.717) is 37.4 Å². The van der Waals surface area contributed by atoms with Crippen LogP contribution in [-0.2, 0) is 15.7 Å². The van der Waals surface area contributed by atoms with Gasteiger partial charge in [-0.2, -0.15) is 18.3 Å². The lowest BCUT2D eigenvalue weighted by molar-refractivity contribution is -0.143. The van der Waals surface area contributed by atoms with Crippen molar-refractivity contribution in [3.8, 4) is 0 Å². The fraction of sp³-hybridized carbons (Fsp3) is 0.632. The molecule has 2 aliphatic rings. The number of fused-ring (bicyclic) bond motifs is 1. The van der Waals surface area contributed by atoms with E-state index in [4.69, 9.17) is 4.74 Å². The minimum atomic E-state index is -4.54. The monoisotopic (exact) mass is 396 g/mol. The molecule has 0 N–H and O–H groups in total. The van der Waals surface area contributed by atoms with Gasteiger partial charge in [0.25, 0.3) is 5.91 Å². The smallest absolute Gasteiger partial charge is 0.368 e. The Morgan fingerprint density at radius 2 is 2.04 bits per heavy atom. The second kappa shape index (κ2) is 7.02. The van der Waals surface area contributed by atoms with Crippen LogP contribution in [0.1, 0.15) is 68.6 Å². The van der Waals surface area contributed by atoms with E-state index in [2.05, 4.69) is 10.1 Å². The van der Waals surface area contributed by atoms with Gasteiger partial charge in [0.15, 0.2) is 5.65 Å². The molecule has 2 aromatic rings. The maximum absolute atomic E-state index is 13.6. The van der Waals surface area contributed by atoms with Gasteiger partial charge < -0.3 is 9.64 Å². The van der Waals surface area contributed by atoms with E-state index in [0.717, 1.165) is 23.4 Å². The SMILES string of the molecule is CC(C)c1cc(C(F)(F)F)n2nc([C@@H]3CCCN3C(=O)[C@@H]3CCCO3)cc2n1. The lowest BCUT2D eigenvalue weighted by atomic mass is 10.1. The van der Waals surface area contributed by atoms with Crippen LogP contribution in [0.3, 0.4) is 0 Å². The molecule has 0 aliphatic carbocycles. The van der Waals surface area contributed by atoms with Gasteiger partial charge in [0.1, 0.15) is 11.8 Å². The van der Waals surface area contributed by atoms with Gasteiger partial charge in [0, 0.05) is 24.9 Å². The average Bonchev–Trinajstić information content (AvgIpc) is 3.38. The van der Waals surface area contributed by atoms with Crippen LogP contribution in [0, 0.1) is 0 Å². The fourth-order valence-corrected chi connectivity index (χ4v) is 3.97. The number of aromatic nitrogens is 3. The first kappa shape index (κ1) is 19.2. The first-order valence-corrected chi connectivity index (χ1v) is 9.65. The number of hydrogen-bond acceptors (Lipinski definition) is 4. The van der Waals surface area contributed by atoms with Crippen LogP contribution in [0.2, 0.25) is 0 Å². The van der Waals surface area contributed by atoms with Crippen molar-refractivity contribution in [1.82, 2.24) is 19.5 Å².